The minimum absolute atomic E-state index is 0.0371. The third-order valence-corrected chi connectivity index (χ3v) is 8.34. The van der Waals surface area contributed by atoms with Gasteiger partial charge >= 0.3 is 11.9 Å². The molecule has 0 saturated heterocycles. The van der Waals surface area contributed by atoms with Crippen LogP contribution in [0.3, 0.4) is 0 Å². The molecule has 1 aliphatic heterocycles. The molecule has 234 valence electrons. The van der Waals surface area contributed by atoms with Gasteiger partial charge in [-0.2, -0.15) is 10.4 Å². The van der Waals surface area contributed by atoms with Crippen LogP contribution in [0.2, 0.25) is 0 Å². The lowest BCUT2D eigenvalue weighted by Crippen LogP contribution is -2.16. The van der Waals surface area contributed by atoms with Crippen LogP contribution in [0, 0.1) is 11.3 Å². The van der Waals surface area contributed by atoms with Crippen molar-refractivity contribution in [2.24, 2.45) is 10.2 Å². The molecular weight excluding hydrogens is 582 g/mol. The Morgan fingerprint density at radius 2 is 1.50 bits per heavy atom. The summed E-state index contributed by atoms with van der Waals surface area (Å²) in [5.41, 5.74) is 4.39. The number of carbonyl (C=O) groups is 2. The molecule has 2 bridgehead atoms. The normalized spacial score (nSPS) is 13.5. The number of nitrogens with zero attached hydrogens (tertiary/aromatic N) is 3. The average molecular weight is 618 g/mol. The van der Waals surface area contributed by atoms with E-state index >= 15 is 0 Å². The molecule has 0 spiro atoms. The summed E-state index contributed by atoms with van der Waals surface area (Å²) in [5, 5.41) is 50.2. The van der Waals surface area contributed by atoms with Crippen LogP contribution in [0.15, 0.2) is 77.0 Å². The molecule has 9 heteroatoms. The van der Waals surface area contributed by atoms with E-state index in [9.17, 15) is 30.2 Å². The number of nitriles is 1. The largest absolute Gasteiger partial charge is 0.484 e. The number of carboxylic acid groups (broad SMARTS) is 2. The first-order valence-electron chi connectivity index (χ1n) is 15.4. The van der Waals surface area contributed by atoms with E-state index in [1.807, 2.05) is 38.1 Å². The van der Waals surface area contributed by atoms with Crippen molar-refractivity contribution in [1.82, 2.24) is 0 Å². The second kappa shape index (κ2) is 14.2. The van der Waals surface area contributed by atoms with Gasteiger partial charge in [-0.05, 0) is 79.1 Å². The minimum Gasteiger partial charge on any atom is -0.484 e. The summed E-state index contributed by atoms with van der Waals surface area (Å²) in [4.78, 5) is 26.3. The van der Waals surface area contributed by atoms with Crippen molar-refractivity contribution in [1.29, 1.82) is 5.26 Å². The topological polar surface area (TPSA) is 153 Å². The van der Waals surface area contributed by atoms with E-state index in [1.165, 1.54) is 6.07 Å². The number of ether oxygens (including phenoxy) is 1. The van der Waals surface area contributed by atoms with Crippen molar-refractivity contribution >= 4 is 23.3 Å². The number of hydrogen-bond acceptors (Lipinski definition) is 7. The maximum absolute atomic E-state index is 13.4. The van der Waals surface area contributed by atoms with E-state index < -0.39 is 18.0 Å². The van der Waals surface area contributed by atoms with Crippen LogP contribution in [0.4, 0.5) is 11.4 Å². The molecule has 1 heterocycles. The molecule has 0 aromatic heterocycles. The molecule has 0 aliphatic carbocycles. The Balaban J connectivity index is 1.93. The number of rotatable bonds is 10. The summed E-state index contributed by atoms with van der Waals surface area (Å²) in [6.45, 7) is 4.03. The van der Waals surface area contributed by atoms with Gasteiger partial charge in [0.2, 0.25) is 0 Å². The Morgan fingerprint density at radius 3 is 2.17 bits per heavy atom. The number of hydrogen-bond donors (Lipinski definition) is 3. The molecule has 1 aliphatic rings. The van der Waals surface area contributed by atoms with E-state index in [4.69, 9.17) is 4.74 Å². The average Bonchev–Trinajstić information content (AvgIpc) is 3.08. The summed E-state index contributed by atoms with van der Waals surface area (Å²) < 4.78 is 6.53. The second-order valence-corrected chi connectivity index (χ2v) is 11.1. The van der Waals surface area contributed by atoms with Crippen molar-refractivity contribution in [2.75, 3.05) is 6.61 Å². The fourth-order valence-corrected chi connectivity index (χ4v) is 6.07. The van der Waals surface area contributed by atoms with Crippen molar-refractivity contribution < 1.29 is 29.6 Å². The summed E-state index contributed by atoms with van der Waals surface area (Å²) in [7, 11) is 0. The van der Waals surface area contributed by atoms with Gasteiger partial charge in [0, 0.05) is 28.9 Å². The smallest absolute Gasteiger partial charge is 0.340 e. The van der Waals surface area contributed by atoms with E-state index in [0.717, 1.165) is 11.1 Å². The summed E-state index contributed by atoms with van der Waals surface area (Å²) >= 11 is 0. The van der Waals surface area contributed by atoms with Crippen molar-refractivity contribution in [3.63, 3.8) is 0 Å². The predicted octanol–water partition coefficient (Wildman–Crippen LogP) is 8.82. The third kappa shape index (κ3) is 6.25. The zero-order valence-electron chi connectivity index (χ0n) is 25.8. The maximum atomic E-state index is 13.4. The standard InChI is InChI=1S/C37H35N3O6/c1-3-22-18-24(21-38)27(19-23(22)4-2)28-20-29(36(42)43)35-34(37(44)45)33(28)26-13-8-10-15-31(26)40-39-30-14-9-7-12-25(30)32(46-35)16-6-5-11-17-41/h7-10,12-15,18-20,32,41H,3-6,11,16-17H2,1-2H3,(H,42,43)(H,44,45). The zero-order chi connectivity index (χ0) is 32.8. The fourth-order valence-electron chi connectivity index (χ4n) is 6.07. The Bertz CT molecular complexity index is 1870. The zero-order valence-corrected chi connectivity index (χ0v) is 25.8. The van der Waals surface area contributed by atoms with Gasteiger partial charge < -0.3 is 20.1 Å². The van der Waals surface area contributed by atoms with Gasteiger partial charge in [0.05, 0.1) is 23.0 Å². The molecule has 5 rings (SSSR count). The van der Waals surface area contributed by atoms with Crippen LogP contribution < -0.4 is 4.74 Å². The van der Waals surface area contributed by atoms with Gasteiger partial charge in [-0.15, -0.1) is 5.11 Å². The molecule has 3 N–H and O–H groups in total. The molecule has 0 fully saturated rings. The number of aromatic carboxylic acids is 2. The Kier molecular flexibility index (Phi) is 9.89. The highest BCUT2D eigenvalue weighted by Gasteiger charge is 2.33. The van der Waals surface area contributed by atoms with Crippen molar-refractivity contribution in [3.05, 3.63) is 100 Å². The number of azo groups is 1. The Morgan fingerprint density at radius 1 is 0.826 bits per heavy atom. The van der Waals surface area contributed by atoms with Crippen molar-refractivity contribution in [2.45, 2.75) is 58.5 Å². The molecule has 0 amide bonds. The lowest BCUT2D eigenvalue weighted by molar-refractivity contribution is 0.0681. The highest BCUT2D eigenvalue weighted by atomic mass is 16.5. The first kappa shape index (κ1) is 32.1. The number of benzene rings is 4. The maximum Gasteiger partial charge on any atom is 0.340 e. The first-order valence-corrected chi connectivity index (χ1v) is 15.4. The van der Waals surface area contributed by atoms with Crippen LogP contribution >= 0.6 is 0 Å². The molecule has 46 heavy (non-hydrogen) atoms. The number of carboxylic acids is 2. The van der Waals surface area contributed by atoms with Gasteiger partial charge in [-0.3, -0.25) is 0 Å². The van der Waals surface area contributed by atoms with Gasteiger partial charge in [0.1, 0.15) is 23.0 Å². The molecule has 9 nitrogen and oxygen atoms in total. The molecule has 4 aromatic carbocycles. The fraction of sp³-hybridized carbons (Fsp3) is 0.270. The summed E-state index contributed by atoms with van der Waals surface area (Å²) in [5.74, 6) is -3.03. The lowest BCUT2D eigenvalue weighted by atomic mass is 9.83. The number of fused-ring (bicyclic) bond motifs is 5. The van der Waals surface area contributed by atoms with E-state index in [-0.39, 0.29) is 34.6 Å². The second-order valence-electron chi connectivity index (χ2n) is 11.1. The van der Waals surface area contributed by atoms with Crippen LogP contribution in [0.25, 0.3) is 22.3 Å². The van der Waals surface area contributed by atoms with E-state index in [2.05, 4.69) is 16.3 Å². The van der Waals surface area contributed by atoms with Crippen LogP contribution in [-0.4, -0.2) is 33.9 Å². The molecule has 4 aromatic rings. The summed E-state index contributed by atoms with van der Waals surface area (Å²) in [6, 6.07) is 21.5. The highest BCUT2D eigenvalue weighted by molar-refractivity contribution is 6.10. The number of unbranched alkanes of at least 4 members (excludes halogenated alkanes) is 2. The Hall–Kier alpha value is -5.33. The number of aryl methyl sites for hydroxylation is 2. The van der Waals surface area contributed by atoms with Gasteiger partial charge in [0.15, 0.2) is 0 Å². The SMILES string of the molecule is CCc1cc(C#N)c(-c2cc(C(=O)O)c3c(C(=O)O)c2-c2ccccc2N=Nc2ccccc2C(CCCCCO)O3)cc1CC. The van der Waals surface area contributed by atoms with E-state index in [1.54, 1.807) is 36.4 Å². The number of aliphatic hydroxyl groups excluding tert-OH is 1. The van der Waals surface area contributed by atoms with Gasteiger partial charge in [-0.1, -0.05) is 56.7 Å². The van der Waals surface area contributed by atoms with Gasteiger partial charge in [-0.25, -0.2) is 9.59 Å². The van der Waals surface area contributed by atoms with E-state index in [0.29, 0.717) is 72.2 Å². The lowest BCUT2D eigenvalue weighted by Gasteiger charge is -2.25. The molecule has 1 atom stereocenters. The van der Waals surface area contributed by atoms with Gasteiger partial charge in [0.25, 0.3) is 0 Å². The summed E-state index contributed by atoms with van der Waals surface area (Å²) in [6.07, 6.45) is 2.90. The van der Waals surface area contributed by atoms with Crippen LogP contribution in [0.1, 0.15) is 88.6 Å². The first-order chi connectivity index (χ1) is 22.3. The predicted molar refractivity (Wildman–Crippen MR) is 174 cm³/mol. The van der Waals surface area contributed by atoms with Crippen LogP contribution in [-0.2, 0) is 12.8 Å². The molecule has 0 saturated carbocycles. The molecular formula is C37H35N3O6. The van der Waals surface area contributed by atoms with Crippen LogP contribution in [0.5, 0.6) is 5.75 Å². The Labute approximate surface area is 267 Å². The van der Waals surface area contributed by atoms with Crippen molar-refractivity contribution in [3.8, 4) is 34.1 Å². The number of aliphatic hydroxyl groups is 1. The molecule has 1 unspecified atom stereocenters. The monoisotopic (exact) mass is 617 g/mol. The highest BCUT2D eigenvalue weighted by Crippen LogP contribution is 2.48. The molecule has 0 radical (unpaired) electrons. The third-order valence-electron chi connectivity index (χ3n) is 8.34. The minimum atomic E-state index is -1.38. The quantitative estimate of drug-likeness (QED) is 0.150.